The van der Waals surface area contributed by atoms with E-state index in [0.717, 1.165) is 5.56 Å². The molecular formula is C19H16FNO3. The highest BCUT2D eigenvalue weighted by molar-refractivity contribution is 6.42. The number of carbonyl (C=O) groups is 3. The van der Waals surface area contributed by atoms with Crippen LogP contribution in [0.3, 0.4) is 0 Å². The Labute approximate surface area is 138 Å². The molecule has 0 radical (unpaired) electrons. The van der Waals surface area contributed by atoms with E-state index in [1.807, 2.05) is 30.3 Å². The third-order valence-corrected chi connectivity index (χ3v) is 4.25. The number of Topliss-reactive ketones (excluding diaryl/α,β-unsaturated/α-hetero) is 2. The maximum Gasteiger partial charge on any atom is 0.291 e. The molecule has 2 aromatic rings. The van der Waals surface area contributed by atoms with Gasteiger partial charge >= 0.3 is 0 Å². The van der Waals surface area contributed by atoms with E-state index >= 15 is 0 Å². The summed E-state index contributed by atoms with van der Waals surface area (Å²) in [5, 5.41) is 0. The number of carbonyl (C=O) groups excluding carboxylic acids is 3. The molecule has 1 heterocycles. The van der Waals surface area contributed by atoms with Gasteiger partial charge in [0.25, 0.3) is 5.91 Å². The van der Waals surface area contributed by atoms with Crippen LogP contribution >= 0.6 is 0 Å². The highest BCUT2D eigenvalue weighted by Crippen LogP contribution is 2.37. The Morgan fingerprint density at radius 1 is 1.04 bits per heavy atom. The molecule has 5 heteroatoms. The fourth-order valence-corrected chi connectivity index (χ4v) is 3.11. The second-order valence-corrected chi connectivity index (χ2v) is 5.87. The first-order valence-electron chi connectivity index (χ1n) is 7.63. The lowest BCUT2D eigenvalue weighted by atomic mass is 9.90. The minimum Gasteiger partial charge on any atom is -0.324 e. The van der Waals surface area contributed by atoms with Crippen molar-refractivity contribution in [2.45, 2.75) is 19.5 Å². The Kier molecular flexibility index (Phi) is 4.25. The number of likely N-dealkylation sites (tertiary alicyclic amines) is 1. The fourth-order valence-electron chi connectivity index (χ4n) is 3.11. The minimum absolute atomic E-state index is 0.219. The summed E-state index contributed by atoms with van der Waals surface area (Å²) in [6.45, 7) is 1.52. The van der Waals surface area contributed by atoms with Crippen molar-refractivity contribution < 1.29 is 18.8 Å². The Hall–Kier alpha value is -2.82. The minimum atomic E-state index is -1.05. The number of amides is 1. The SMILES string of the molecule is CC(=O)C1C(=O)C(=O)N(Cc2ccccc2)C1c1ccc(F)cc1. The molecule has 122 valence electrons. The molecular weight excluding hydrogens is 309 g/mol. The van der Waals surface area contributed by atoms with Crippen LogP contribution in [0.1, 0.15) is 24.1 Å². The van der Waals surface area contributed by atoms with Crippen LogP contribution in [0.15, 0.2) is 54.6 Å². The van der Waals surface area contributed by atoms with Crippen LogP contribution in [0.2, 0.25) is 0 Å². The van der Waals surface area contributed by atoms with Gasteiger partial charge in [0.2, 0.25) is 5.78 Å². The van der Waals surface area contributed by atoms with E-state index in [4.69, 9.17) is 0 Å². The van der Waals surface area contributed by atoms with Crippen molar-refractivity contribution in [3.8, 4) is 0 Å². The smallest absolute Gasteiger partial charge is 0.291 e. The molecule has 24 heavy (non-hydrogen) atoms. The number of hydrogen-bond donors (Lipinski definition) is 0. The average molecular weight is 325 g/mol. The third-order valence-electron chi connectivity index (χ3n) is 4.25. The van der Waals surface area contributed by atoms with Crippen molar-refractivity contribution >= 4 is 17.5 Å². The lowest BCUT2D eigenvalue weighted by Gasteiger charge is -2.27. The lowest BCUT2D eigenvalue weighted by molar-refractivity contribution is -0.142. The second kappa shape index (κ2) is 6.35. The normalized spacial score (nSPS) is 20.5. The summed E-state index contributed by atoms with van der Waals surface area (Å²) in [5.41, 5.74) is 1.43. The van der Waals surface area contributed by atoms with Crippen molar-refractivity contribution in [3.05, 3.63) is 71.5 Å². The molecule has 0 aliphatic carbocycles. The quantitative estimate of drug-likeness (QED) is 0.641. The van der Waals surface area contributed by atoms with E-state index in [9.17, 15) is 18.8 Å². The molecule has 1 aliphatic heterocycles. The highest BCUT2D eigenvalue weighted by Gasteiger charge is 2.50. The number of hydrogen-bond acceptors (Lipinski definition) is 3. The van der Waals surface area contributed by atoms with Crippen LogP contribution in [0.25, 0.3) is 0 Å². The molecule has 0 saturated carbocycles. The molecule has 1 saturated heterocycles. The predicted octanol–water partition coefficient (Wildman–Crippen LogP) is 2.68. The Morgan fingerprint density at radius 3 is 2.25 bits per heavy atom. The Morgan fingerprint density at radius 2 is 1.67 bits per heavy atom. The van der Waals surface area contributed by atoms with E-state index in [2.05, 4.69) is 0 Å². The molecule has 4 nitrogen and oxygen atoms in total. The van der Waals surface area contributed by atoms with Crippen LogP contribution in [0.4, 0.5) is 4.39 Å². The third kappa shape index (κ3) is 2.85. The Balaban J connectivity index is 2.03. The molecule has 0 aromatic heterocycles. The van der Waals surface area contributed by atoms with Gasteiger partial charge in [0, 0.05) is 6.54 Å². The van der Waals surface area contributed by atoms with Crippen molar-refractivity contribution in [3.63, 3.8) is 0 Å². The summed E-state index contributed by atoms with van der Waals surface area (Å²) in [5.74, 6) is -3.20. The van der Waals surface area contributed by atoms with E-state index in [1.54, 1.807) is 0 Å². The maximum absolute atomic E-state index is 13.2. The van der Waals surface area contributed by atoms with Crippen molar-refractivity contribution in [2.24, 2.45) is 5.92 Å². The molecule has 3 rings (SSSR count). The van der Waals surface area contributed by atoms with Gasteiger partial charge in [-0.3, -0.25) is 14.4 Å². The highest BCUT2D eigenvalue weighted by atomic mass is 19.1. The zero-order valence-electron chi connectivity index (χ0n) is 13.1. The van der Waals surface area contributed by atoms with Gasteiger partial charge in [-0.1, -0.05) is 42.5 Å². The fraction of sp³-hybridized carbons (Fsp3) is 0.211. The molecule has 1 aliphatic rings. The molecule has 1 fully saturated rings. The molecule has 2 atom stereocenters. The van der Waals surface area contributed by atoms with Gasteiger partial charge in [-0.25, -0.2) is 4.39 Å². The second-order valence-electron chi connectivity index (χ2n) is 5.87. The molecule has 2 aromatic carbocycles. The molecule has 0 spiro atoms. The van der Waals surface area contributed by atoms with Gasteiger partial charge in [-0.15, -0.1) is 0 Å². The van der Waals surface area contributed by atoms with Crippen molar-refractivity contribution in [1.82, 2.24) is 4.90 Å². The van der Waals surface area contributed by atoms with Gasteiger partial charge < -0.3 is 4.90 Å². The van der Waals surface area contributed by atoms with Gasteiger partial charge in [0.05, 0.1) is 6.04 Å². The molecule has 2 unspecified atom stereocenters. The number of nitrogens with zero attached hydrogens (tertiary/aromatic N) is 1. The zero-order chi connectivity index (χ0) is 17.3. The van der Waals surface area contributed by atoms with E-state index in [-0.39, 0.29) is 12.3 Å². The van der Waals surface area contributed by atoms with Gasteiger partial charge in [-0.05, 0) is 30.2 Å². The number of ketones is 2. The van der Waals surface area contributed by atoms with E-state index in [1.165, 1.54) is 36.1 Å². The lowest BCUT2D eigenvalue weighted by Crippen LogP contribution is -2.30. The topological polar surface area (TPSA) is 54.5 Å². The first kappa shape index (κ1) is 16.1. The standard InChI is InChI=1S/C19H16FNO3/c1-12(22)16-17(14-7-9-15(20)10-8-14)21(19(24)18(16)23)11-13-5-3-2-4-6-13/h2-10,16-17H,11H2,1H3. The predicted molar refractivity (Wildman–Crippen MR) is 85.3 cm³/mol. The first-order chi connectivity index (χ1) is 11.5. The van der Waals surface area contributed by atoms with Crippen molar-refractivity contribution in [2.75, 3.05) is 0 Å². The monoisotopic (exact) mass is 325 g/mol. The van der Waals surface area contributed by atoms with Gasteiger partial charge in [0.1, 0.15) is 17.5 Å². The van der Waals surface area contributed by atoms with Gasteiger partial charge in [-0.2, -0.15) is 0 Å². The van der Waals surface area contributed by atoms with Crippen LogP contribution < -0.4 is 0 Å². The first-order valence-corrected chi connectivity index (χ1v) is 7.63. The summed E-state index contributed by atoms with van der Waals surface area (Å²) >= 11 is 0. The summed E-state index contributed by atoms with van der Waals surface area (Å²) in [7, 11) is 0. The van der Waals surface area contributed by atoms with Crippen molar-refractivity contribution in [1.29, 1.82) is 0 Å². The molecule has 0 N–H and O–H groups in total. The van der Waals surface area contributed by atoms with Crippen LogP contribution in [0.5, 0.6) is 0 Å². The van der Waals surface area contributed by atoms with Gasteiger partial charge in [0.15, 0.2) is 0 Å². The summed E-state index contributed by atoms with van der Waals surface area (Å²) in [6.07, 6.45) is 0. The maximum atomic E-state index is 13.2. The summed E-state index contributed by atoms with van der Waals surface area (Å²) < 4.78 is 13.2. The molecule has 0 bridgehead atoms. The number of benzene rings is 2. The van der Waals surface area contributed by atoms with Crippen LogP contribution in [0, 0.1) is 11.7 Å². The number of halogens is 1. The summed E-state index contributed by atoms with van der Waals surface area (Å²) in [4.78, 5) is 38.1. The zero-order valence-corrected chi connectivity index (χ0v) is 13.1. The van der Waals surface area contributed by atoms with Crippen LogP contribution in [-0.4, -0.2) is 22.4 Å². The Bertz CT molecular complexity index is 786. The summed E-state index contributed by atoms with van der Waals surface area (Å²) in [6, 6.07) is 14.1. The van der Waals surface area contributed by atoms with E-state index < -0.39 is 29.5 Å². The van der Waals surface area contributed by atoms with Crippen LogP contribution in [-0.2, 0) is 20.9 Å². The largest absolute Gasteiger partial charge is 0.324 e. The van der Waals surface area contributed by atoms with E-state index in [0.29, 0.717) is 5.56 Å². The number of rotatable bonds is 4. The average Bonchev–Trinajstić information content (AvgIpc) is 2.82. The molecule has 1 amide bonds.